The van der Waals surface area contributed by atoms with Gasteiger partial charge < -0.3 is 9.64 Å². The van der Waals surface area contributed by atoms with Crippen molar-refractivity contribution >= 4 is 5.82 Å². The van der Waals surface area contributed by atoms with Crippen molar-refractivity contribution in [1.82, 2.24) is 9.78 Å². The Morgan fingerprint density at radius 1 is 1.50 bits per heavy atom. The second kappa shape index (κ2) is 3.15. The number of hydrogen-bond acceptors (Lipinski definition) is 3. The summed E-state index contributed by atoms with van der Waals surface area (Å²) in [6, 6.07) is 1.91. The second-order valence-corrected chi connectivity index (χ2v) is 2.85. The summed E-state index contributed by atoms with van der Waals surface area (Å²) in [6.07, 6.45) is 2.83. The molecule has 12 heavy (non-hydrogen) atoms. The first-order valence-corrected chi connectivity index (χ1v) is 4.11. The van der Waals surface area contributed by atoms with Crippen LogP contribution in [0.3, 0.4) is 0 Å². The summed E-state index contributed by atoms with van der Waals surface area (Å²) >= 11 is 0. The molecule has 4 nitrogen and oxygen atoms in total. The molecule has 0 bridgehead atoms. The minimum atomic E-state index is 0.811. The summed E-state index contributed by atoms with van der Waals surface area (Å²) in [5.74, 6) is 1.12. The Labute approximate surface area is 71.7 Å². The lowest BCUT2D eigenvalue weighted by Gasteiger charge is -2.28. The van der Waals surface area contributed by atoms with Crippen LogP contribution in [0.5, 0.6) is 0 Å². The molecule has 1 radical (unpaired) electrons. The highest BCUT2D eigenvalue weighted by atomic mass is 16.5. The Morgan fingerprint density at radius 3 is 2.83 bits per heavy atom. The summed E-state index contributed by atoms with van der Waals surface area (Å²) in [6.45, 7) is 3.52. The lowest BCUT2D eigenvalue weighted by atomic mass is 10.4. The zero-order valence-corrected chi connectivity index (χ0v) is 7.16. The highest BCUT2D eigenvalue weighted by Crippen LogP contribution is 2.12. The van der Waals surface area contributed by atoms with Crippen LogP contribution >= 0.6 is 0 Å². The number of aromatic nitrogens is 2. The molecule has 0 spiro atoms. The van der Waals surface area contributed by atoms with Gasteiger partial charge in [0.1, 0.15) is 12.0 Å². The predicted octanol–water partition coefficient (Wildman–Crippen LogP) is 0.0569. The van der Waals surface area contributed by atoms with Crippen LogP contribution in [-0.4, -0.2) is 36.1 Å². The molecule has 0 aliphatic carbocycles. The van der Waals surface area contributed by atoms with Gasteiger partial charge in [-0.3, -0.25) is 4.68 Å². The van der Waals surface area contributed by atoms with Gasteiger partial charge >= 0.3 is 0 Å². The molecule has 4 heteroatoms. The first kappa shape index (κ1) is 7.61. The largest absolute Gasteiger partial charge is 0.378 e. The van der Waals surface area contributed by atoms with Crippen molar-refractivity contribution < 1.29 is 4.74 Å². The van der Waals surface area contributed by atoms with Gasteiger partial charge in [0.05, 0.1) is 13.2 Å². The smallest absolute Gasteiger partial charge is 0.127 e. The molecule has 1 aromatic heterocycles. The Morgan fingerprint density at radius 2 is 2.25 bits per heavy atom. The summed E-state index contributed by atoms with van der Waals surface area (Å²) in [4.78, 5) is 2.26. The quantitative estimate of drug-likeness (QED) is 0.591. The number of hydrogen-bond donors (Lipinski definition) is 0. The molecule has 65 valence electrons. The lowest BCUT2D eigenvalue weighted by Crippen LogP contribution is -2.37. The summed E-state index contributed by atoms with van der Waals surface area (Å²) in [5.41, 5.74) is 0. The van der Waals surface area contributed by atoms with E-state index in [1.54, 1.807) is 0 Å². The third-order valence-electron chi connectivity index (χ3n) is 2.07. The first-order chi connectivity index (χ1) is 5.88. The van der Waals surface area contributed by atoms with Crippen LogP contribution < -0.4 is 4.90 Å². The van der Waals surface area contributed by atoms with Gasteiger partial charge in [0, 0.05) is 26.2 Å². The van der Waals surface area contributed by atoms with Crippen molar-refractivity contribution in [2.24, 2.45) is 7.05 Å². The van der Waals surface area contributed by atoms with E-state index >= 15 is 0 Å². The molecule has 0 N–H and O–H groups in total. The van der Waals surface area contributed by atoms with E-state index in [0.717, 1.165) is 32.1 Å². The average molecular weight is 166 g/mol. The summed E-state index contributed by atoms with van der Waals surface area (Å²) < 4.78 is 7.09. The van der Waals surface area contributed by atoms with Crippen molar-refractivity contribution in [3.05, 3.63) is 12.3 Å². The molecule has 1 aliphatic rings. The molecular weight excluding hydrogens is 154 g/mol. The van der Waals surface area contributed by atoms with Crippen LogP contribution in [0.4, 0.5) is 5.82 Å². The van der Waals surface area contributed by atoms with Gasteiger partial charge in [-0.05, 0) is 0 Å². The van der Waals surface area contributed by atoms with Crippen molar-refractivity contribution in [3.63, 3.8) is 0 Å². The van der Waals surface area contributed by atoms with E-state index in [1.165, 1.54) is 0 Å². The molecule has 0 aromatic carbocycles. The molecule has 2 heterocycles. The third kappa shape index (κ3) is 1.30. The topological polar surface area (TPSA) is 30.3 Å². The van der Waals surface area contributed by atoms with Crippen LogP contribution in [0.1, 0.15) is 0 Å². The highest BCUT2D eigenvalue weighted by molar-refractivity contribution is 5.37. The second-order valence-electron chi connectivity index (χ2n) is 2.85. The molecule has 0 unspecified atom stereocenters. The molecule has 1 aromatic rings. The maximum Gasteiger partial charge on any atom is 0.127 e. The minimum absolute atomic E-state index is 0.811. The number of aryl methyl sites for hydroxylation is 1. The molecule has 1 fully saturated rings. The Balaban J connectivity index is 2.13. The fraction of sp³-hybridized carbons (Fsp3) is 0.625. The maximum absolute atomic E-state index is 5.26. The van der Waals surface area contributed by atoms with Gasteiger partial charge in [0.2, 0.25) is 0 Å². The number of ether oxygens (including phenoxy) is 1. The molecule has 0 amide bonds. The normalized spacial score (nSPS) is 18.2. The van der Waals surface area contributed by atoms with E-state index in [4.69, 9.17) is 4.74 Å². The van der Waals surface area contributed by atoms with Gasteiger partial charge in [-0.1, -0.05) is 0 Å². The zero-order valence-electron chi connectivity index (χ0n) is 7.16. The van der Waals surface area contributed by atoms with Crippen molar-refractivity contribution in [1.29, 1.82) is 0 Å². The molecule has 1 aliphatic heterocycles. The monoisotopic (exact) mass is 166 g/mol. The van der Waals surface area contributed by atoms with E-state index in [0.29, 0.717) is 0 Å². The van der Waals surface area contributed by atoms with Gasteiger partial charge in [-0.2, -0.15) is 5.10 Å². The fourth-order valence-corrected chi connectivity index (χ4v) is 1.41. The van der Waals surface area contributed by atoms with Gasteiger partial charge in [-0.25, -0.2) is 0 Å². The van der Waals surface area contributed by atoms with Crippen LogP contribution in [0.25, 0.3) is 0 Å². The summed E-state index contributed by atoms with van der Waals surface area (Å²) in [7, 11) is 1.93. The Bertz CT molecular complexity index is 253. The highest BCUT2D eigenvalue weighted by Gasteiger charge is 2.13. The van der Waals surface area contributed by atoms with E-state index < -0.39 is 0 Å². The predicted molar refractivity (Wildman–Crippen MR) is 45.1 cm³/mol. The van der Waals surface area contributed by atoms with Crippen LogP contribution in [0.2, 0.25) is 0 Å². The first-order valence-electron chi connectivity index (χ1n) is 4.11. The lowest BCUT2D eigenvalue weighted by molar-refractivity contribution is 0.122. The number of nitrogens with zero attached hydrogens (tertiary/aromatic N) is 3. The summed E-state index contributed by atoms with van der Waals surface area (Å²) in [5, 5.41) is 4.00. The van der Waals surface area contributed by atoms with Crippen molar-refractivity contribution in [2.45, 2.75) is 0 Å². The van der Waals surface area contributed by atoms with E-state index in [-0.39, 0.29) is 0 Å². The van der Waals surface area contributed by atoms with Crippen molar-refractivity contribution in [3.8, 4) is 0 Å². The van der Waals surface area contributed by atoms with Gasteiger partial charge in [0.15, 0.2) is 0 Å². The van der Waals surface area contributed by atoms with Crippen LogP contribution in [0, 0.1) is 6.20 Å². The number of morpholine rings is 1. The maximum atomic E-state index is 5.26. The molecular formula is C8H12N3O. The van der Waals surface area contributed by atoms with Gasteiger partial charge in [-0.15, -0.1) is 0 Å². The minimum Gasteiger partial charge on any atom is -0.378 e. The van der Waals surface area contributed by atoms with E-state index in [9.17, 15) is 0 Å². The number of rotatable bonds is 1. The molecule has 2 rings (SSSR count). The van der Waals surface area contributed by atoms with E-state index in [2.05, 4.69) is 16.2 Å². The third-order valence-corrected chi connectivity index (χ3v) is 2.07. The molecule has 0 atom stereocenters. The fourth-order valence-electron chi connectivity index (χ4n) is 1.41. The average Bonchev–Trinajstić information content (AvgIpc) is 2.53. The standard InChI is InChI=1S/C8H12N3O/c1-10-8(2-3-9-10)11-4-6-12-7-5-11/h2H,4-7H2,1H3. The molecule has 0 saturated carbocycles. The van der Waals surface area contributed by atoms with Crippen LogP contribution in [-0.2, 0) is 11.8 Å². The Kier molecular flexibility index (Phi) is 1.99. The SMILES string of the molecule is Cn1n[c]cc1N1CCOCC1. The van der Waals surface area contributed by atoms with Crippen molar-refractivity contribution in [2.75, 3.05) is 31.2 Å². The zero-order chi connectivity index (χ0) is 8.39. The molecule has 1 saturated heterocycles. The Hall–Kier alpha value is -1.03. The van der Waals surface area contributed by atoms with Gasteiger partial charge in [0.25, 0.3) is 0 Å². The van der Waals surface area contributed by atoms with E-state index in [1.807, 2.05) is 17.8 Å². The number of anilines is 1. The van der Waals surface area contributed by atoms with Crippen LogP contribution in [0.15, 0.2) is 6.07 Å².